The van der Waals surface area contributed by atoms with Crippen molar-refractivity contribution in [2.24, 2.45) is 0 Å². The number of pyridine rings is 1. The van der Waals surface area contributed by atoms with Crippen LogP contribution in [0.2, 0.25) is 10.0 Å². The van der Waals surface area contributed by atoms with Gasteiger partial charge in [-0.3, -0.25) is 9.78 Å². The fourth-order valence-electron chi connectivity index (χ4n) is 3.08. The van der Waals surface area contributed by atoms with Gasteiger partial charge >= 0.3 is 0 Å². The molecule has 1 aromatic heterocycles. The highest BCUT2D eigenvalue weighted by atomic mass is 35.5. The summed E-state index contributed by atoms with van der Waals surface area (Å²) in [6.07, 6.45) is 7.22. The molecule has 1 aliphatic carbocycles. The van der Waals surface area contributed by atoms with Gasteiger partial charge in [-0.1, -0.05) is 42.1 Å². The molecule has 25 heavy (non-hydrogen) atoms. The Morgan fingerprint density at radius 1 is 1.16 bits per heavy atom. The molecule has 132 valence electrons. The van der Waals surface area contributed by atoms with Gasteiger partial charge in [-0.05, 0) is 49.1 Å². The second kappa shape index (κ2) is 8.54. The van der Waals surface area contributed by atoms with Crippen molar-refractivity contribution in [1.29, 1.82) is 0 Å². The molecule has 1 aliphatic rings. The van der Waals surface area contributed by atoms with E-state index in [9.17, 15) is 4.79 Å². The highest BCUT2D eigenvalue weighted by Gasteiger charge is 2.15. The molecule has 0 unspecified atom stereocenters. The number of hydrogen-bond acceptors (Lipinski definition) is 3. The molecule has 1 heterocycles. The van der Waals surface area contributed by atoms with Gasteiger partial charge in [-0.15, -0.1) is 0 Å². The fraction of sp³-hybridized carbons (Fsp3) is 0.368. The fourth-order valence-corrected chi connectivity index (χ4v) is 3.58. The van der Waals surface area contributed by atoms with Gasteiger partial charge in [-0.25, -0.2) is 0 Å². The maximum Gasteiger partial charge on any atom is 0.269 e. The van der Waals surface area contributed by atoms with Gasteiger partial charge in [0.15, 0.2) is 0 Å². The van der Waals surface area contributed by atoms with Gasteiger partial charge in [0, 0.05) is 34.5 Å². The second-order valence-electron chi connectivity index (χ2n) is 6.30. The van der Waals surface area contributed by atoms with Crippen molar-refractivity contribution in [2.75, 3.05) is 11.9 Å². The zero-order valence-corrected chi connectivity index (χ0v) is 15.4. The number of halogens is 2. The molecule has 0 radical (unpaired) electrons. The number of anilines is 1. The van der Waals surface area contributed by atoms with Crippen LogP contribution in [0, 0.1) is 0 Å². The van der Waals surface area contributed by atoms with Crippen molar-refractivity contribution < 1.29 is 4.79 Å². The zero-order valence-electron chi connectivity index (χ0n) is 13.9. The summed E-state index contributed by atoms with van der Waals surface area (Å²) >= 11 is 12.0. The number of benzene rings is 1. The van der Waals surface area contributed by atoms with E-state index in [0.29, 0.717) is 34.7 Å². The van der Waals surface area contributed by atoms with Gasteiger partial charge in [-0.2, -0.15) is 0 Å². The molecular weight excluding hydrogens is 357 g/mol. The van der Waals surface area contributed by atoms with Crippen LogP contribution in [-0.2, 0) is 6.42 Å². The van der Waals surface area contributed by atoms with Crippen LogP contribution < -0.4 is 10.6 Å². The number of nitrogens with one attached hydrogen (secondary N) is 2. The van der Waals surface area contributed by atoms with Gasteiger partial charge in [0.2, 0.25) is 0 Å². The highest BCUT2D eigenvalue weighted by Crippen LogP contribution is 2.23. The van der Waals surface area contributed by atoms with Crippen molar-refractivity contribution in [2.45, 2.75) is 38.1 Å². The summed E-state index contributed by atoms with van der Waals surface area (Å²) < 4.78 is 0. The highest BCUT2D eigenvalue weighted by molar-refractivity contribution is 6.35. The van der Waals surface area contributed by atoms with E-state index >= 15 is 0 Å². The standard InChI is InChI=1S/C19H21Cl2N3O/c20-14-6-5-13(17(21)11-14)7-9-23-19(25)18-12-16(8-10-22-18)24-15-3-1-2-4-15/h5-6,8,10-12,15H,1-4,7,9H2,(H,22,24)(H,23,25). The zero-order chi connectivity index (χ0) is 17.6. The monoisotopic (exact) mass is 377 g/mol. The van der Waals surface area contributed by atoms with E-state index in [4.69, 9.17) is 23.2 Å². The summed E-state index contributed by atoms with van der Waals surface area (Å²) in [6.45, 7) is 0.488. The predicted octanol–water partition coefficient (Wildman–Crippen LogP) is 4.72. The third-order valence-electron chi connectivity index (χ3n) is 4.41. The molecule has 4 nitrogen and oxygen atoms in total. The topological polar surface area (TPSA) is 54.0 Å². The summed E-state index contributed by atoms with van der Waals surface area (Å²) in [7, 11) is 0. The first-order valence-electron chi connectivity index (χ1n) is 8.56. The van der Waals surface area contributed by atoms with E-state index in [1.807, 2.05) is 18.2 Å². The van der Waals surface area contributed by atoms with Crippen LogP contribution in [0.15, 0.2) is 36.5 Å². The number of carbonyl (C=O) groups excluding carboxylic acids is 1. The predicted molar refractivity (Wildman–Crippen MR) is 103 cm³/mol. The lowest BCUT2D eigenvalue weighted by Gasteiger charge is -2.14. The Morgan fingerprint density at radius 2 is 1.96 bits per heavy atom. The summed E-state index contributed by atoms with van der Waals surface area (Å²) in [4.78, 5) is 16.5. The number of amides is 1. The number of rotatable bonds is 6. The van der Waals surface area contributed by atoms with Gasteiger partial charge < -0.3 is 10.6 Å². The maximum atomic E-state index is 12.3. The third kappa shape index (κ3) is 5.10. The Labute approximate surface area is 157 Å². The Morgan fingerprint density at radius 3 is 2.72 bits per heavy atom. The minimum absolute atomic E-state index is 0.180. The largest absolute Gasteiger partial charge is 0.382 e. The molecule has 3 rings (SSSR count). The molecule has 0 bridgehead atoms. The van der Waals surface area contributed by atoms with Crippen LogP contribution in [0.1, 0.15) is 41.7 Å². The smallest absolute Gasteiger partial charge is 0.269 e. The first kappa shape index (κ1) is 18.0. The Kier molecular flexibility index (Phi) is 6.16. The van der Waals surface area contributed by atoms with Crippen molar-refractivity contribution in [3.8, 4) is 0 Å². The molecule has 1 fully saturated rings. The first-order valence-corrected chi connectivity index (χ1v) is 9.32. The van der Waals surface area contributed by atoms with Crippen LogP contribution in [-0.4, -0.2) is 23.5 Å². The van der Waals surface area contributed by atoms with Crippen LogP contribution in [0.25, 0.3) is 0 Å². The van der Waals surface area contributed by atoms with Gasteiger partial charge in [0.05, 0.1) is 0 Å². The van der Waals surface area contributed by atoms with Crippen molar-refractivity contribution in [3.63, 3.8) is 0 Å². The molecule has 2 aromatic rings. The lowest BCUT2D eigenvalue weighted by Crippen LogP contribution is -2.26. The second-order valence-corrected chi connectivity index (χ2v) is 7.14. The third-order valence-corrected chi connectivity index (χ3v) is 5.00. The minimum atomic E-state index is -0.180. The van der Waals surface area contributed by atoms with E-state index < -0.39 is 0 Å². The Hall–Kier alpha value is -1.78. The lowest BCUT2D eigenvalue weighted by molar-refractivity contribution is 0.0949. The molecule has 6 heteroatoms. The average molecular weight is 378 g/mol. The van der Waals surface area contributed by atoms with Gasteiger partial charge in [0.25, 0.3) is 5.91 Å². The van der Waals surface area contributed by atoms with E-state index in [1.54, 1.807) is 18.3 Å². The van der Waals surface area contributed by atoms with Crippen LogP contribution in [0.4, 0.5) is 5.69 Å². The molecule has 1 saturated carbocycles. The number of carbonyl (C=O) groups is 1. The molecule has 0 aliphatic heterocycles. The van der Waals surface area contributed by atoms with E-state index in [2.05, 4.69) is 15.6 Å². The SMILES string of the molecule is O=C(NCCc1ccc(Cl)cc1Cl)c1cc(NC2CCCC2)ccn1. The van der Waals surface area contributed by atoms with E-state index in [0.717, 1.165) is 11.3 Å². The Bertz CT molecular complexity index is 745. The normalized spacial score (nSPS) is 14.5. The van der Waals surface area contributed by atoms with Crippen molar-refractivity contribution in [1.82, 2.24) is 10.3 Å². The van der Waals surface area contributed by atoms with E-state index in [1.165, 1.54) is 25.7 Å². The number of hydrogen-bond donors (Lipinski definition) is 2. The van der Waals surface area contributed by atoms with Crippen LogP contribution in [0.3, 0.4) is 0 Å². The summed E-state index contributed by atoms with van der Waals surface area (Å²) in [6, 6.07) is 9.60. The molecule has 0 spiro atoms. The molecule has 1 aromatic carbocycles. The maximum absolute atomic E-state index is 12.3. The van der Waals surface area contributed by atoms with E-state index in [-0.39, 0.29) is 5.91 Å². The molecular formula is C19H21Cl2N3O. The summed E-state index contributed by atoms with van der Waals surface area (Å²) in [5.41, 5.74) is 2.33. The Balaban J connectivity index is 1.54. The van der Waals surface area contributed by atoms with Crippen molar-refractivity contribution in [3.05, 3.63) is 57.8 Å². The lowest BCUT2D eigenvalue weighted by atomic mass is 10.1. The number of nitrogens with zero attached hydrogens (tertiary/aromatic N) is 1. The summed E-state index contributed by atoms with van der Waals surface area (Å²) in [5.74, 6) is -0.180. The minimum Gasteiger partial charge on any atom is -0.382 e. The quantitative estimate of drug-likeness (QED) is 0.765. The summed E-state index contributed by atoms with van der Waals surface area (Å²) in [5, 5.41) is 7.59. The molecule has 0 saturated heterocycles. The number of aromatic nitrogens is 1. The molecule has 2 N–H and O–H groups in total. The average Bonchev–Trinajstić information content (AvgIpc) is 3.10. The van der Waals surface area contributed by atoms with Crippen LogP contribution >= 0.6 is 23.2 Å². The van der Waals surface area contributed by atoms with Crippen LogP contribution in [0.5, 0.6) is 0 Å². The van der Waals surface area contributed by atoms with Crippen molar-refractivity contribution >= 4 is 34.8 Å². The molecule has 1 amide bonds. The van der Waals surface area contributed by atoms with Gasteiger partial charge in [0.1, 0.15) is 5.69 Å². The first-order chi connectivity index (χ1) is 12.1. The molecule has 0 atom stereocenters.